The molecule has 2 aromatic carbocycles. The van der Waals surface area contributed by atoms with Crippen molar-refractivity contribution in [1.29, 1.82) is 0 Å². The van der Waals surface area contributed by atoms with Gasteiger partial charge in [-0.3, -0.25) is 0 Å². The van der Waals surface area contributed by atoms with Crippen molar-refractivity contribution in [2.45, 2.75) is 6.18 Å². The first kappa shape index (κ1) is 19.4. The minimum atomic E-state index is -4.69. The number of hydrogen-bond donors (Lipinski definition) is 3. The molecule has 11 heteroatoms. The first-order valence-electron chi connectivity index (χ1n) is 8.61. The van der Waals surface area contributed by atoms with Crippen molar-refractivity contribution in [2.24, 2.45) is 0 Å². The van der Waals surface area contributed by atoms with Crippen LogP contribution in [0.15, 0.2) is 48.5 Å². The number of anilines is 4. The molecule has 7 nitrogen and oxygen atoms in total. The summed E-state index contributed by atoms with van der Waals surface area (Å²) in [5, 5.41) is 5.71. The molecule has 0 radical (unpaired) electrons. The monoisotopic (exact) mass is 418 g/mol. The van der Waals surface area contributed by atoms with Crippen LogP contribution in [0.1, 0.15) is 5.82 Å². The largest absolute Gasteiger partial charge is 0.497 e. The lowest BCUT2D eigenvalue weighted by Gasteiger charge is -2.13. The average Bonchev–Trinajstić information content (AvgIpc) is 3.14. The van der Waals surface area contributed by atoms with E-state index in [2.05, 4.69) is 30.6 Å². The smallest absolute Gasteiger partial charge is 0.449 e. The molecule has 4 aromatic rings. The Morgan fingerprint density at radius 1 is 0.900 bits per heavy atom. The number of para-hydroxylation sites is 1. The number of H-pyrrole nitrogens is 1. The second-order valence-corrected chi connectivity index (χ2v) is 6.13. The van der Waals surface area contributed by atoms with Crippen molar-refractivity contribution in [1.82, 2.24) is 19.9 Å². The summed E-state index contributed by atoms with van der Waals surface area (Å²) < 4.78 is 58.2. The van der Waals surface area contributed by atoms with Crippen LogP contribution in [-0.4, -0.2) is 27.0 Å². The Bertz CT molecular complexity index is 1190. The maximum atomic E-state index is 14.1. The SMILES string of the molecule is COc1ccc(Nc2nc3[nH]c(C(F)(F)F)nc3nc2Nc2ccccc2F)cc1. The van der Waals surface area contributed by atoms with Crippen LogP contribution in [-0.2, 0) is 6.18 Å². The summed E-state index contributed by atoms with van der Waals surface area (Å²) in [7, 11) is 1.52. The van der Waals surface area contributed by atoms with Crippen molar-refractivity contribution in [3.63, 3.8) is 0 Å². The molecule has 4 rings (SSSR count). The first-order chi connectivity index (χ1) is 14.3. The van der Waals surface area contributed by atoms with Gasteiger partial charge in [0.1, 0.15) is 11.6 Å². The molecule has 2 heterocycles. The number of aromatic nitrogens is 4. The van der Waals surface area contributed by atoms with E-state index in [0.717, 1.165) is 0 Å². The van der Waals surface area contributed by atoms with Gasteiger partial charge in [0.2, 0.25) is 5.82 Å². The number of halogens is 4. The molecular weight excluding hydrogens is 404 g/mol. The van der Waals surface area contributed by atoms with E-state index in [1.165, 1.54) is 25.3 Å². The quantitative estimate of drug-likeness (QED) is 0.395. The molecular formula is C19H14F4N6O. The molecule has 0 saturated carbocycles. The van der Waals surface area contributed by atoms with Crippen molar-refractivity contribution in [2.75, 3.05) is 17.7 Å². The van der Waals surface area contributed by atoms with Gasteiger partial charge >= 0.3 is 6.18 Å². The van der Waals surface area contributed by atoms with Crippen LogP contribution in [0.4, 0.5) is 40.6 Å². The molecule has 0 aliphatic heterocycles. The Balaban J connectivity index is 1.78. The summed E-state index contributed by atoms with van der Waals surface area (Å²) in [6.45, 7) is 0. The van der Waals surface area contributed by atoms with Crippen LogP contribution >= 0.6 is 0 Å². The van der Waals surface area contributed by atoms with Gasteiger partial charge in [-0.15, -0.1) is 0 Å². The number of alkyl halides is 3. The fraction of sp³-hybridized carbons (Fsp3) is 0.105. The Labute approximate surface area is 167 Å². The second kappa shape index (κ2) is 7.50. The summed E-state index contributed by atoms with van der Waals surface area (Å²) in [6.07, 6.45) is -4.69. The topological polar surface area (TPSA) is 87.8 Å². The Kier molecular flexibility index (Phi) is 4.86. The highest BCUT2D eigenvalue weighted by atomic mass is 19.4. The van der Waals surface area contributed by atoms with Gasteiger partial charge in [0.25, 0.3) is 0 Å². The van der Waals surface area contributed by atoms with Gasteiger partial charge in [0.15, 0.2) is 22.9 Å². The molecule has 3 N–H and O–H groups in total. The first-order valence-corrected chi connectivity index (χ1v) is 8.61. The molecule has 154 valence electrons. The lowest BCUT2D eigenvalue weighted by Crippen LogP contribution is -2.06. The number of methoxy groups -OCH3 is 1. The van der Waals surface area contributed by atoms with Crippen LogP contribution in [0, 0.1) is 5.82 Å². The van der Waals surface area contributed by atoms with E-state index < -0.39 is 17.8 Å². The summed E-state index contributed by atoms with van der Waals surface area (Å²) in [4.78, 5) is 13.8. The van der Waals surface area contributed by atoms with Crippen molar-refractivity contribution < 1.29 is 22.3 Å². The van der Waals surface area contributed by atoms with Crippen LogP contribution in [0.25, 0.3) is 11.3 Å². The minimum absolute atomic E-state index is 0.00337. The number of nitrogens with zero attached hydrogens (tertiary/aromatic N) is 3. The third kappa shape index (κ3) is 3.95. The Hall–Kier alpha value is -3.89. The lowest BCUT2D eigenvalue weighted by atomic mass is 10.3. The van der Waals surface area contributed by atoms with Gasteiger partial charge < -0.3 is 20.4 Å². The van der Waals surface area contributed by atoms with Gasteiger partial charge in [-0.2, -0.15) is 13.2 Å². The zero-order valence-corrected chi connectivity index (χ0v) is 15.4. The van der Waals surface area contributed by atoms with Crippen LogP contribution < -0.4 is 15.4 Å². The van der Waals surface area contributed by atoms with Crippen molar-refractivity contribution >= 4 is 34.3 Å². The second-order valence-electron chi connectivity index (χ2n) is 6.13. The highest BCUT2D eigenvalue weighted by Crippen LogP contribution is 2.31. The van der Waals surface area contributed by atoms with E-state index in [9.17, 15) is 17.6 Å². The van der Waals surface area contributed by atoms with E-state index in [-0.39, 0.29) is 28.6 Å². The van der Waals surface area contributed by atoms with Gasteiger partial charge in [0.05, 0.1) is 12.8 Å². The number of hydrogen-bond acceptors (Lipinski definition) is 6. The molecule has 0 unspecified atom stereocenters. The predicted molar refractivity (Wildman–Crippen MR) is 103 cm³/mol. The molecule has 0 amide bonds. The van der Waals surface area contributed by atoms with E-state index in [0.29, 0.717) is 11.4 Å². The molecule has 0 aliphatic carbocycles. The number of fused-ring (bicyclic) bond motifs is 1. The standard InChI is InChI=1S/C19H14F4N6O/c1-30-11-8-6-10(7-9-11)24-14-15(25-13-5-3-2-4-12(13)20)27-17-16(26-14)28-18(29-17)19(21,22)23/h2-9H,1H3,(H3,24,25,26,27,28,29). The minimum Gasteiger partial charge on any atom is -0.497 e. The molecule has 0 bridgehead atoms. The molecule has 0 spiro atoms. The molecule has 0 fully saturated rings. The highest BCUT2D eigenvalue weighted by molar-refractivity contribution is 5.80. The molecule has 30 heavy (non-hydrogen) atoms. The predicted octanol–water partition coefficient (Wildman–Crippen LogP) is 5.01. The molecule has 0 atom stereocenters. The van der Waals surface area contributed by atoms with Crippen molar-refractivity contribution in [3.05, 3.63) is 60.2 Å². The van der Waals surface area contributed by atoms with Gasteiger partial charge in [-0.25, -0.2) is 19.3 Å². The van der Waals surface area contributed by atoms with Gasteiger partial charge in [-0.1, -0.05) is 12.1 Å². The van der Waals surface area contributed by atoms with E-state index in [4.69, 9.17) is 4.74 Å². The maximum absolute atomic E-state index is 14.1. The summed E-state index contributed by atoms with van der Waals surface area (Å²) in [5.74, 6) is -1.09. The normalized spacial score (nSPS) is 11.5. The summed E-state index contributed by atoms with van der Waals surface area (Å²) >= 11 is 0. The number of rotatable bonds is 5. The summed E-state index contributed by atoms with van der Waals surface area (Å²) in [5.41, 5.74) is 0.214. The fourth-order valence-electron chi connectivity index (χ4n) is 2.64. The zero-order chi connectivity index (χ0) is 21.3. The highest BCUT2D eigenvalue weighted by Gasteiger charge is 2.35. The number of aromatic amines is 1. The Morgan fingerprint density at radius 3 is 2.27 bits per heavy atom. The number of benzene rings is 2. The zero-order valence-electron chi connectivity index (χ0n) is 15.4. The molecule has 0 aliphatic rings. The maximum Gasteiger partial charge on any atom is 0.449 e. The third-order valence-corrected chi connectivity index (χ3v) is 4.08. The fourth-order valence-corrected chi connectivity index (χ4v) is 2.64. The van der Waals surface area contributed by atoms with Gasteiger partial charge in [-0.05, 0) is 36.4 Å². The Morgan fingerprint density at radius 2 is 1.60 bits per heavy atom. The van der Waals surface area contributed by atoms with Crippen LogP contribution in [0.2, 0.25) is 0 Å². The van der Waals surface area contributed by atoms with E-state index in [1.807, 2.05) is 0 Å². The summed E-state index contributed by atoms with van der Waals surface area (Å²) in [6, 6.07) is 12.6. The number of imidazole rings is 1. The van der Waals surface area contributed by atoms with Crippen LogP contribution in [0.3, 0.4) is 0 Å². The number of ether oxygens (including phenoxy) is 1. The van der Waals surface area contributed by atoms with E-state index >= 15 is 0 Å². The third-order valence-electron chi connectivity index (χ3n) is 4.08. The molecule has 2 aromatic heterocycles. The number of nitrogens with one attached hydrogen (secondary N) is 3. The molecule has 0 saturated heterocycles. The van der Waals surface area contributed by atoms with Crippen molar-refractivity contribution in [3.8, 4) is 5.75 Å². The lowest BCUT2D eigenvalue weighted by molar-refractivity contribution is -0.144. The average molecular weight is 418 g/mol. The van der Waals surface area contributed by atoms with Gasteiger partial charge in [0, 0.05) is 5.69 Å². The van der Waals surface area contributed by atoms with Crippen LogP contribution in [0.5, 0.6) is 5.75 Å². The van der Waals surface area contributed by atoms with E-state index in [1.54, 1.807) is 30.3 Å².